The highest BCUT2D eigenvalue weighted by Crippen LogP contribution is 2.50. The summed E-state index contributed by atoms with van der Waals surface area (Å²) in [4.78, 5) is 30.6. The number of ether oxygens (including phenoxy) is 1. The van der Waals surface area contributed by atoms with Gasteiger partial charge in [-0.15, -0.1) is 0 Å². The Kier molecular flexibility index (Phi) is 6.43. The highest BCUT2D eigenvalue weighted by Gasteiger charge is 2.45. The van der Waals surface area contributed by atoms with Gasteiger partial charge in [0.05, 0.1) is 21.8 Å². The molecule has 0 amide bonds. The Morgan fingerprint density at radius 2 is 1.87 bits per heavy atom. The Hall–Kier alpha value is -2.97. The first kappa shape index (κ1) is 25.3. The Morgan fingerprint density at radius 3 is 2.58 bits per heavy atom. The normalized spacial score (nSPS) is 21.2. The fourth-order valence-corrected chi connectivity index (χ4v) is 7.74. The second-order valence-corrected chi connectivity index (χ2v) is 12.5. The van der Waals surface area contributed by atoms with Crippen molar-refractivity contribution in [2.75, 3.05) is 6.61 Å². The van der Waals surface area contributed by atoms with Crippen molar-refractivity contribution in [1.82, 2.24) is 9.55 Å². The van der Waals surface area contributed by atoms with Crippen LogP contribution in [0.15, 0.2) is 58.5 Å². The SMILES string of the molecule is CC1(C)C[C@H](n2c(SCc3ccc([N+](=O)[O-])cc3)nc3c(c2=O)C2(CCCC2)Cc2ccccc2-3)CCO1. The van der Waals surface area contributed by atoms with Gasteiger partial charge in [0.2, 0.25) is 0 Å². The van der Waals surface area contributed by atoms with E-state index in [2.05, 4.69) is 32.0 Å². The Labute approximate surface area is 226 Å². The second kappa shape index (κ2) is 9.65. The maximum Gasteiger partial charge on any atom is 0.269 e. The zero-order valence-electron chi connectivity index (χ0n) is 21.9. The minimum atomic E-state index is -0.386. The molecule has 1 atom stereocenters. The van der Waals surface area contributed by atoms with E-state index in [4.69, 9.17) is 9.72 Å². The lowest BCUT2D eigenvalue weighted by Crippen LogP contribution is -2.44. The summed E-state index contributed by atoms with van der Waals surface area (Å²) in [6.45, 7) is 4.80. The number of thioether (sulfide) groups is 1. The van der Waals surface area contributed by atoms with Crippen LogP contribution >= 0.6 is 11.8 Å². The van der Waals surface area contributed by atoms with Gasteiger partial charge in [-0.05, 0) is 57.1 Å². The second-order valence-electron chi connectivity index (χ2n) is 11.6. The van der Waals surface area contributed by atoms with Gasteiger partial charge in [-0.1, -0.05) is 61.0 Å². The Bertz CT molecular complexity index is 1440. The third kappa shape index (κ3) is 4.47. The minimum Gasteiger partial charge on any atom is -0.375 e. The molecule has 1 aromatic heterocycles. The smallest absolute Gasteiger partial charge is 0.269 e. The van der Waals surface area contributed by atoms with Crippen molar-refractivity contribution >= 4 is 17.4 Å². The van der Waals surface area contributed by atoms with Gasteiger partial charge in [-0.2, -0.15) is 0 Å². The van der Waals surface area contributed by atoms with Gasteiger partial charge in [0, 0.05) is 41.5 Å². The summed E-state index contributed by atoms with van der Waals surface area (Å²) in [6, 6.07) is 15.1. The summed E-state index contributed by atoms with van der Waals surface area (Å²) in [5.74, 6) is 0.572. The molecule has 3 aromatic rings. The van der Waals surface area contributed by atoms with Crippen LogP contribution in [0.3, 0.4) is 0 Å². The average Bonchev–Trinajstić information content (AvgIpc) is 3.35. The molecule has 8 heteroatoms. The lowest BCUT2D eigenvalue weighted by atomic mass is 9.68. The summed E-state index contributed by atoms with van der Waals surface area (Å²) in [7, 11) is 0. The van der Waals surface area contributed by atoms with E-state index in [0.29, 0.717) is 12.4 Å². The van der Waals surface area contributed by atoms with E-state index in [1.165, 1.54) is 17.7 Å². The molecule has 1 aliphatic heterocycles. The number of nitrogens with zero attached hydrogens (tertiary/aromatic N) is 3. The largest absolute Gasteiger partial charge is 0.375 e. The van der Waals surface area contributed by atoms with Crippen molar-refractivity contribution in [2.45, 2.75) is 86.8 Å². The van der Waals surface area contributed by atoms with Crippen LogP contribution in [0.25, 0.3) is 11.3 Å². The number of aromatic nitrogens is 2. The Balaban J connectivity index is 1.49. The first-order valence-corrected chi connectivity index (χ1v) is 14.5. The molecule has 1 saturated heterocycles. The lowest BCUT2D eigenvalue weighted by molar-refractivity contribution is -0.384. The third-order valence-electron chi connectivity index (χ3n) is 8.53. The van der Waals surface area contributed by atoms with Gasteiger partial charge in [0.25, 0.3) is 11.2 Å². The third-order valence-corrected chi connectivity index (χ3v) is 9.55. The highest BCUT2D eigenvalue weighted by atomic mass is 32.2. The van der Waals surface area contributed by atoms with Crippen LogP contribution in [-0.2, 0) is 22.3 Å². The minimum absolute atomic E-state index is 0.0130. The molecule has 198 valence electrons. The maximum atomic E-state index is 14.6. The fourth-order valence-electron chi connectivity index (χ4n) is 6.73. The highest BCUT2D eigenvalue weighted by molar-refractivity contribution is 7.98. The van der Waals surface area contributed by atoms with Crippen molar-refractivity contribution < 1.29 is 9.66 Å². The topological polar surface area (TPSA) is 87.3 Å². The molecule has 0 radical (unpaired) electrons. The van der Waals surface area contributed by atoms with Gasteiger partial charge < -0.3 is 4.74 Å². The number of rotatable bonds is 5. The summed E-state index contributed by atoms with van der Waals surface area (Å²) in [6.07, 6.45) is 6.77. The quantitative estimate of drug-likeness (QED) is 0.159. The fraction of sp³-hybridized carbons (Fsp3) is 0.467. The number of benzene rings is 2. The standard InChI is InChI=1S/C30H33N3O4S/c1-29(2)18-23(13-16-37-29)32-27(34)25-26(24-8-4-3-7-21(24)17-30(25)14-5-6-15-30)31-28(32)38-19-20-9-11-22(12-10-20)33(35)36/h3-4,7-12,23H,5-6,13-19H2,1-2H3/t23-/m1/s1. The summed E-state index contributed by atoms with van der Waals surface area (Å²) in [5, 5.41) is 11.8. The molecule has 1 saturated carbocycles. The van der Waals surface area contributed by atoms with E-state index in [-0.39, 0.29) is 33.2 Å². The van der Waals surface area contributed by atoms with Crippen LogP contribution in [0.5, 0.6) is 0 Å². The number of non-ortho nitro benzene ring substituents is 1. The molecule has 1 spiro atoms. The predicted octanol–water partition coefficient (Wildman–Crippen LogP) is 6.61. The summed E-state index contributed by atoms with van der Waals surface area (Å²) >= 11 is 1.54. The van der Waals surface area contributed by atoms with Crippen LogP contribution in [0.1, 0.15) is 75.1 Å². The van der Waals surface area contributed by atoms with Crippen LogP contribution < -0.4 is 5.56 Å². The predicted molar refractivity (Wildman–Crippen MR) is 149 cm³/mol. The van der Waals surface area contributed by atoms with Gasteiger partial charge in [0.15, 0.2) is 5.16 Å². The number of fused-ring (bicyclic) bond motifs is 4. The van der Waals surface area contributed by atoms with E-state index in [9.17, 15) is 14.9 Å². The Morgan fingerprint density at radius 1 is 1.13 bits per heavy atom. The van der Waals surface area contributed by atoms with Crippen LogP contribution in [-0.4, -0.2) is 26.7 Å². The van der Waals surface area contributed by atoms with Crippen LogP contribution in [0, 0.1) is 10.1 Å². The van der Waals surface area contributed by atoms with Crippen molar-refractivity contribution in [2.24, 2.45) is 0 Å². The summed E-state index contributed by atoms with van der Waals surface area (Å²) in [5.41, 5.74) is 4.82. The first-order chi connectivity index (χ1) is 18.3. The van der Waals surface area contributed by atoms with E-state index in [1.54, 1.807) is 23.9 Å². The van der Waals surface area contributed by atoms with Crippen molar-refractivity contribution in [3.8, 4) is 11.3 Å². The molecule has 38 heavy (non-hydrogen) atoms. The molecular weight excluding hydrogens is 498 g/mol. The molecule has 2 aliphatic carbocycles. The van der Waals surface area contributed by atoms with E-state index >= 15 is 0 Å². The molecule has 7 nitrogen and oxygen atoms in total. The average molecular weight is 532 g/mol. The molecule has 3 aliphatic rings. The molecule has 6 rings (SSSR count). The van der Waals surface area contributed by atoms with E-state index in [1.807, 2.05) is 10.6 Å². The zero-order chi connectivity index (χ0) is 26.5. The van der Waals surface area contributed by atoms with Gasteiger partial charge in [-0.25, -0.2) is 4.98 Å². The van der Waals surface area contributed by atoms with E-state index < -0.39 is 0 Å². The lowest BCUT2D eigenvalue weighted by Gasteiger charge is -2.40. The molecule has 2 aromatic carbocycles. The molecular formula is C30H33N3O4S. The molecule has 0 N–H and O–H groups in total. The van der Waals surface area contributed by atoms with Crippen LogP contribution in [0.4, 0.5) is 5.69 Å². The number of nitro benzene ring substituents is 1. The summed E-state index contributed by atoms with van der Waals surface area (Å²) < 4.78 is 7.99. The van der Waals surface area contributed by atoms with Gasteiger partial charge >= 0.3 is 0 Å². The van der Waals surface area contributed by atoms with E-state index in [0.717, 1.165) is 72.5 Å². The van der Waals surface area contributed by atoms with Crippen molar-refractivity contribution in [3.63, 3.8) is 0 Å². The molecule has 0 unspecified atom stereocenters. The van der Waals surface area contributed by atoms with Gasteiger partial charge in [-0.3, -0.25) is 19.5 Å². The van der Waals surface area contributed by atoms with Crippen LogP contribution in [0.2, 0.25) is 0 Å². The maximum absolute atomic E-state index is 14.6. The number of hydrogen-bond donors (Lipinski definition) is 0. The monoisotopic (exact) mass is 531 g/mol. The number of nitro groups is 1. The van der Waals surface area contributed by atoms with Gasteiger partial charge in [0.1, 0.15) is 0 Å². The molecule has 0 bridgehead atoms. The molecule has 2 fully saturated rings. The first-order valence-electron chi connectivity index (χ1n) is 13.5. The zero-order valence-corrected chi connectivity index (χ0v) is 22.8. The van der Waals surface area contributed by atoms with Crippen molar-refractivity contribution in [1.29, 1.82) is 0 Å². The molecule has 2 heterocycles. The van der Waals surface area contributed by atoms with Crippen molar-refractivity contribution in [3.05, 3.63) is 85.7 Å². The number of hydrogen-bond acceptors (Lipinski definition) is 6.